The normalized spacial score (nSPS) is 10.2. The van der Waals surface area contributed by atoms with E-state index >= 15 is 0 Å². The lowest BCUT2D eigenvalue weighted by Crippen LogP contribution is -2.32. The van der Waals surface area contributed by atoms with Crippen molar-refractivity contribution in [2.24, 2.45) is 5.90 Å². The molecule has 3 N–H and O–H groups in total. The molecule has 0 saturated carbocycles. The number of nitrogens with zero attached hydrogens (tertiary/aromatic N) is 1. The van der Waals surface area contributed by atoms with Crippen LogP contribution in [0.25, 0.3) is 0 Å². The maximum Gasteiger partial charge on any atom is 0.330 e. The van der Waals surface area contributed by atoms with Gasteiger partial charge in [0.2, 0.25) is 5.82 Å². The molecule has 0 fully saturated rings. The van der Waals surface area contributed by atoms with E-state index in [-0.39, 0.29) is 6.73 Å². The molecule has 0 radical (unpaired) electrons. The second kappa shape index (κ2) is 3.28. The van der Waals surface area contributed by atoms with Crippen LogP contribution in [0.4, 0.5) is 4.39 Å². The second-order valence-electron chi connectivity index (χ2n) is 2.00. The van der Waals surface area contributed by atoms with Crippen molar-refractivity contribution in [2.75, 3.05) is 0 Å². The van der Waals surface area contributed by atoms with Crippen molar-refractivity contribution in [1.29, 1.82) is 0 Å². The minimum atomic E-state index is -1.06. The summed E-state index contributed by atoms with van der Waals surface area (Å²) in [5.41, 5.74) is -1.83. The zero-order valence-corrected chi connectivity index (χ0v) is 5.91. The lowest BCUT2D eigenvalue weighted by atomic mass is 10.6. The average molecular weight is 175 g/mol. The van der Waals surface area contributed by atoms with Gasteiger partial charge in [-0.25, -0.2) is 10.7 Å². The van der Waals surface area contributed by atoms with Crippen LogP contribution in [-0.2, 0) is 11.6 Å². The zero-order chi connectivity index (χ0) is 9.14. The maximum atomic E-state index is 12.5. The van der Waals surface area contributed by atoms with Crippen LogP contribution in [0, 0.1) is 5.82 Å². The predicted octanol–water partition coefficient (Wildman–Crippen LogP) is -1.48. The van der Waals surface area contributed by atoms with E-state index in [9.17, 15) is 14.0 Å². The van der Waals surface area contributed by atoms with E-state index in [1.807, 2.05) is 0 Å². The van der Waals surface area contributed by atoms with Crippen molar-refractivity contribution in [3.63, 3.8) is 0 Å². The first-order valence-corrected chi connectivity index (χ1v) is 2.96. The van der Waals surface area contributed by atoms with E-state index in [0.29, 0.717) is 6.20 Å². The van der Waals surface area contributed by atoms with Gasteiger partial charge in [0.15, 0.2) is 0 Å². The van der Waals surface area contributed by atoms with Crippen LogP contribution in [0.2, 0.25) is 0 Å². The summed E-state index contributed by atoms with van der Waals surface area (Å²) in [6.07, 6.45) is 0.716. The van der Waals surface area contributed by atoms with Gasteiger partial charge in [0.1, 0.15) is 6.73 Å². The number of aromatic nitrogens is 2. The fraction of sp³-hybridized carbons (Fsp3) is 0.200. The SMILES string of the molecule is NOCn1cc(F)c(=O)[nH]c1=O. The molecule has 0 aliphatic heterocycles. The minimum Gasteiger partial charge on any atom is -0.283 e. The Hall–Kier alpha value is -1.47. The summed E-state index contributed by atoms with van der Waals surface area (Å²) in [5.74, 6) is 3.58. The molecule has 0 atom stereocenters. The summed E-state index contributed by atoms with van der Waals surface area (Å²) < 4.78 is 13.3. The molecule has 0 spiro atoms. The molecule has 7 heteroatoms. The predicted molar refractivity (Wildman–Crippen MR) is 36.6 cm³/mol. The standard InChI is InChI=1S/C5H6FN3O3/c6-3-1-9(2-12-7)5(11)8-4(3)10/h1H,2,7H2,(H,8,10,11). The third-order valence-corrected chi connectivity index (χ3v) is 1.18. The highest BCUT2D eigenvalue weighted by atomic mass is 19.1. The molecule has 1 aromatic heterocycles. The van der Waals surface area contributed by atoms with Gasteiger partial charge in [0.05, 0.1) is 6.20 Å². The first-order chi connectivity index (χ1) is 5.65. The highest BCUT2D eigenvalue weighted by Crippen LogP contribution is 1.82. The fourth-order valence-electron chi connectivity index (χ4n) is 0.659. The topological polar surface area (TPSA) is 90.1 Å². The lowest BCUT2D eigenvalue weighted by Gasteiger charge is -2.00. The van der Waals surface area contributed by atoms with Crippen molar-refractivity contribution in [3.05, 3.63) is 32.9 Å². The number of hydrogen-bond acceptors (Lipinski definition) is 4. The Morgan fingerprint density at radius 3 is 2.92 bits per heavy atom. The smallest absolute Gasteiger partial charge is 0.283 e. The summed E-state index contributed by atoms with van der Waals surface area (Å²) in [7, 11) is 0. The molecule has 1 aromatic rings. The lowest BCUT2D eigenvalue weighted by molar-refractivity contribution is 0.0738. The molecule has 12 heavy (non-hydrogen) atoms. The molecule has 66 valence electrons. The highest BCUT2D eigenvalue weighted by molar-refractivity contribution is 4.86. The summed E-state index contributed by atoms with van der Waals surface area (Å²) in [5, 5.41) is 0. The number of hydrogen-bond donors (Lipinski definition) is 2. The van der Waals surface area contributed by atoms with E-state index in [1.165, 1.54) is 0 Å². The molecular formula is C5H6FN3O3. The summed E-state index contributed by atoms with van der Waals surface area (Å²) in [6.45, 7) is -0.313. The third-order valence-electron chi connectivity index (χ3n) is 1.18. The van der Waals surface area contributed by atoms with Gasteiger partial charge in [-0.15, -0.1) is 0 Å². The van der Waals surface area contributed by atoms with Crippen LogP contribution in [0.5, 0.6) is 0 Å². The molecule has 1 rings (SSSR count). The Morgan fingerprint density at radius 2 is 2.33 bits per heavy atom. The Labute approximate surface area is 65.3 Å². The maximum absolute atomic E-state index is 12.5. The molecule has 0 aliphatic rings. The monoisotopic (exact) mass is 175 g/mol. The summed E-state index contributed by atoms with van der Waals surface area (Å²) in [6, 6.07) is 0. The van der Waals surface area contributed by atoms with Crippen molar-refractivity contribution < 1.29 is 9.23 Å². The first-order valence-electron chi connectivity index (χ1n) is 2.96. The highest BCUT2D eigenvalue weighted by Gasteiger charge is 2.01. The molecule has 1 heterocycles. The van der Waals surface area contributed by atoms with Crippen molar-refractivity contribution >= 4 is 0 Å². The Balaban J connectivity index is 3.24. The molecule has 0 saturated heterocycles. The van der Waals surface area contributed by atoms with Crippen LogP contribution in [0.3, 0.4) is 0 Å². The van der Waals surface area contributed by atoms with Gasteiger partial charge in [-0.1, -0.05) is 0 Å². The number of halogens is 1. The van der Waals surface area contributed by atoms with E-state index in [0.717, 1.165) is 4.57 Å². The first kappa shape index (κ1) is 8.62. The molecule has 0 aromatic carbocycles. The number of aromatic amines is 1. The molecule has 0 aliphatic carbocycles. The van der Waals surface area contributed by atoms with Crippen molar-refractivity contribution in [1.82, 2.24) is 9.55 Å². The Morgan fingerprint density at radius 1 is 1.67 bits per heavy atom. The molecule has 0 bridgehead atoms. The van der Waals surface area contributed by atoms with Gasteiger partial charge in [0.25, 0.3) is 5.56 Å². The van der Waals surface area contributed by atoms with Crippen LogP contribution in [-0.4, -0.2) is 9.55 Å². The Kier molecular flexibility index (Phi) is 2.36. The average Bonchev–Trinajstić information content (AvgIpc) is 2.01. The van der Waals surface area contributed by atoms with Crippen LogP contribution in [0.15, 0.2) is 15.8 Å². The van der Waals surface area contributed by atoms with Crippen LogP contribution in [0.1, 0.15) is 0 Å². The minimum absolute atomic E-state index is 0.313. The fourth-order valence-corrected chi connectivity index (χ4v) is 0.659. The van der Waals surface area contributed by atoms with E-state index in [4.69, 9.17) is 0 Å². The van der Waals surface area contributed by atoms with Gasteiger partial charge in [0, 0.05) is 0 Å². The van der Waals surface area contributed by atoms with Crippen molar-refractivity contribution in [3.8, 4) is 0 Å². The number of nitrogens with two attached hydrogens (primary N) is 1. The molecule has 6 nitrogen and oxygen atoms in total. The van der Waals surface area contributed by atoms with Crippen molar-refractivity contribution in [2.45, 2.75) is 6.73 Å². The molecule has 0 amide bonds. The molecule has 0 unspecified atom stereocenters. The van der Waals surface area contributed by atoms with E-state index in [1.54, 1.807) is 4.98 Å². The van der Waals surface area contributed by atoms with E-state index < -0.39 is 17.1 Å². The molecular weight excluding hydrogens is 169 g/mol. The number of nitrogens with one attached hydrogen (secondary N) is 1. The Bertz CT molecular complexity index is 382. The second-order valence-corrected chi connectivity index (χ2v) is 2.00. The summed E-state index contributed by atoms with van der Waals surface area (Å²) in [4.78, 5) is 27.1. The van der Waals surface area contributed by atoms with Gasteiger partial charge in [-0.2, -0.15) is 4.39 Å². The third kappa shape index (κ3) is 1.57. The quantitative estimate of drug-likeness (QED) is 0.536. The van der Waals surface area contributed by atoms with Crippen LogP contribution >= 0.6 is 0 Å². The van der Waals surface area contributed by atoms with Gasteiger partial charge in [-0.05, 0) is 0 Å². The van der Waals surface area contributed by atoms with Gasteiger partial charge in [-0.3, -0.25) is 19.2 Å². The van der Waals surface area contributed by atoms with Gasteiger partial charge >= 0.3 is 5.69 Å². The van der Waals surface area contributed by atoms with E-state index in [2.05, 4.69) is 10.7 Å². The zero-order valence-electron chi connectivity index (χ0n) is 5.91. The number of rotatable bonds is 2. The largest absolute Gasteiger partial charge is 0.330 e. The summed E-state index contributed by atoms with van der Waals surface area (Å²) >= 11 is 0. The van der Waals surface area contributed by atoms with Gasteiger partial charge < -0.3 is 0 Å². The van der Waals surface area contributed by atoms with Crippen LogP contribution < -0.4 is 17.1 Å². The number of H-pyrrole nitrogens is 1.